The van der Waals surface area contributed by atoms with Crippen LogP contribution in [0.4, 0.5) is 0 Å². The van der Waals surface area contributed by atoms with Crippen LogP contribution in [0.25, 0.3) is 0 Å². The summed E-state index contributed by atoms with van der Waals surface area (Å²) in [6, 6.07) is 0.759. The predicted octanol–water partition coefficient (Wildman–Crippen LogP) is 6.08. The second-order valence-electron chi connectivity index (χ2n) is 8.88. The lowest BCUT2D eigenvalue weighted by atomic mass is 9.93. The summed E-state index contributed by atoms with van der Waals surface area (Å²) in [7, 11) is 2.85. The van der Waals surface area contributed by atoms with Gasteiger partial charge in [-0.25, -0.2) is 0 Å². The van der Waals surface area contributed by atoms with Crippen LogP contribution in [0.5, 0.6) is 0 Å². The molecule has 1 atom stereocenters. The molecule has 3 heteroatoms. The quantitative estimate of drug-likeness (QED) is 0.353. The van der Waals surface area contributed by atoms with Crippen molar-refractivity contribution in [2.24, 2.45) is 5.92 Å². The van der Waals surface area contributed by atoms with Gasteiger partial charge < -0.3 is 9.33 Å². The maximum atomic E-state index is 6.73. The van der Waals surface area contributed by atoms with Crippen molar-refractivity contribution >= 4 is 8.32 Å². The average Bonchev–Trinajstić information content (AvgIpc) is 2.94. The third kappa shape index (κ3) is 5.30. The summed E-state index contributed by atoms with van der Waals surface area (Å²) >= 11 is 0. The van der Waals surface area contributed by atoms with Crippen LogP contribution in [0.2, 0.25) is 16.6 Å². The first-order valence-electron chi connectivity index (χ1n) is 10.0. The van der Waals surface area contributed by atoms with Gasteiger partial charge in [0.1, 0.15) is 0 Å². The maximum Gasteiger partial charge on any atom is 0.200 e. The SMILES string of the molecule is CC(C)[Si](OCCCC(C1CCCC1)N(C)C)(C(C)C)C(C)C. The Hall–Kier alpha value is 0.137. The number of hydrogen-bond donors (Lipinski definition) is 0. The molecular formula is C20H43NOSi. The van der Waals surface area contributed by atoms with Gasteiger partial charge in [0.2, 0.25) is 0 Å². The number of rotatable bonds is 10. The summed E-state index contributed by atoms with van der Waals surface area (Å²) in [5.74, 6) is 0.923. The zero-order valence-electron chi connectivity index (χ0n) is 17.2. The third-order valence-corrected chi connectivity index (χ3v) is 12.4. The number of nitrogens with zero attached hydrogens (tertiary/aromatic N) is 1. The summed E-state index contributed by atoms with van der Waals surface area (Å²) in [6.45, 7) is 15.3. The molecule has 0 amide bonds. The fraction of sp³-hybridized carbons (Fsp3) is 1.00. The summed E-state index contributed by atoms with van der Waals surface area (Å²) < 4.78 is 6.73. The molecule has 0 aromatic carbocycles. The minimum atomic E-state index is -1.67. The zero-order chi connectivity index (χ0) is 17.6. The van der Waals surface area contributed by atoms with Crippen molar-refractivity contribution < 1.29 is 4.43 Å². The first-order valence-corrected chi connectivity index (χ1v) is 12.2. The van der Waals surface area contributed by atoms with Crippen molar-refractivity contribution in [1.82, 2.24) is 4.90 Å². The molecule has 1 rings (SSSR count). The van der Waals surface area contributed by atoms with Crippen LogP contribution in [0.3, 0.4) is 0 Å². The van der Waals surface area contributed by atoms with Gasteiger partial charge in [-0.1, -0.05) is 54.4 Å². The van der Waals surface area contributed by atoms with Gasteiger partial charge in [-0.2, -0.15) is 0 Å². The van der Waals surface area contributed by atoms with E-state index in [1.165, 1.54) is 38.5 Å². The predicted molar refractivity (Wildman–Crippen MR) is 106 cm³/mol. The molecular weight excluding hydrogens is 298 g/mol. The van der Waals surface area contributed by atoms with E-state index in [1.54, 1.807) is 0 Å². The fourth-order valence-corrected chi connectivity index (χ4v) is 10.8. The summed E-state index contributed by atoms with van der Waals surface area (Å²) in [6.07, 6.45) is 8.28. The van der Waals surface area contributed by atoms with Crippen molar-refractivity contribution in [1.29, 1.82) is 0 Å². The van der Waals surface area contributed by atoms with Gasteiger partial charge in [0.15, 0.2) is 8.32 Å². The Bertz CT molecular complexity index is 300. The van der Waals surface area contributed by atoms with E-state index < -0.39 is 8.32 Å². The van der Waals surface area contributed by atoms with E-state index in [9.17, 15) is 0 Å². The van der Waals surface area contributed by atoms with Crippen molar-refractivity contribution in [3.63, 3.8) is 0 Å². The average molecular weight is 342 g/mol. The molecule has 0 saturated heterocycles. The Morgan fingerprint density at radius 3 is 1.78 bits per heavy atom. The highest BCUT2D eigenvalue weighted by atomic mass is 28.4. The molecule has 0 bridgehead atoms. The largest absolute Gasteiger partial charge is 0.416 e. The highest BCUT2D eigenvalue weighted by Gasteiger charge is 2.44. The third-order valence-electron chi connectivity index (χ3n) is 6.31. The van der Waals surface area contributed by atoms with Gasteiger partial charge in [0.05, 0.1) is 0 Å². The van der Waals surface area contributed by atoms with Crippen LogP contribution in [-0.4, -0.2) is 40.0 Å². The highest BCUT2D eigenvalue weighted by molar-refractivity contribution is 6.77. The molecule has 23 heavy (non-hydrogen) atoms. The van der Waals surface area contributed by atoms with Gasteiger partial charge >= 0.3 is 0 Å². The van der Waals surface area contributed by atoms with Crippen molar-refractivity contribution in [2.45, 2.75) is 103 Å². The van der Waals surface area contributed by atoms with Crippen LogP contribution in [0.1, 0.15) is 80.1 Å². The van der Waals surface area contributed by atoms with E-state index in [2.05, 4.69) is 60.5 Å². The molecule has 0 N–H and O–H groups in total. The van der Waals surface area contributed by atoms with Crippen LogP contribution in [0.15, 0.2) is 0 Å². The van der Waals surface area contributed by atoms with E-state index in [0.29, 0.717) is 16.6 Å². The summed E-state index contributed by atoms with van der Waals surface area (Å²) in [4.78, 5) is 2.47. The monoisotopic (exact) mass is 341 g/mol. The molecule has 0 spiro atoms. The first kappa shape index (κ1) is 21.2. The number of hydrogen-bond acceptors (Lipinski definition) is 2. The minimum absolute atomic E-state index is 0.696. The van der Waals surface area contributed by atoms with Gasteiger partial charge in [0, 0.05) is 12.6 Å². The first-order chi connectivity index (χ1) is 10.7. The smallest absolute Gasteiger partial charge is 0.200 e. The van der Waals surface area contributed by atoms with E-state index in [1.807, 2.05) is 0 Å². The minimum Gasteiger partial charge on any atom is -0.416 e. The summed E-state index contributed by atoms with van der Waals surface area (Å²) in [5.41, 5.74) is 2.09. The van der Waals surface area contributed by atoms with Crippen molar-refractivity contribution in [3.8, 4) is 0 Å². The van der Waals surface area contributed by atoms with Crippen LogP contribution in [-0.2, 0) is 4.43 Å². The normalized spacial score (nSPS) is 18.8. The molecule has 1 fully saturated rings. The van der Waals surface area contributed by atoms with E-state index in [4.69, 9.17) is 4.43 Å². The molecule has 2 nitrogen and oxygen atoms in total. The molecule has 1 aliphatic carbocycles. The van der Waals surface area contributed by atoms with E-state index >= 15 is 0 Å². The lowest BCUT2D eigenvalue weighted by molar-refractivity contribution is 0.179. The highest BCUT2D eigenvalue weighted by Crippen LogP contribution is 2.42. The van der Waals surface area contributed by atoms with Gasteiger partial charge in [0.25, 0.3) is 0 Å². The molecule has 1 unspecified atom stereocenters. The molecule has 0 aromatic heterocycles. The van der Waals surface area contributed by atoms with E-state index in [-0.39, 0.29) is 0 Å². The van der Waals surface area contributed by atoms with Gasteiger partial charge in [-0.15, -0.1) is 0 Å². The van der Waals surface area contributed by atoms with Gasteiger partial charge in [-0.05, 0) is 62.3 Å². The molecule has 0 radical (unpaired) electrons. The standard InChI is InChI=1S/C20H43NOSi/c1-16(2)23(17(3)4,18(5)6)22-15-11-14-20(21(7)8)19-12-9-10-13-19/h16-20H,9-15H2,1-8H3. The van der Waals surface area contributed by atoms with Crippen LogP contribution in [0, 0.1) is 5.92 Å². The Labute approximate surface area is 147 Å². The Balaban J connectivity index is 2.55. The molecule has 0 heterocycles. The molecule has 1 aliphatic rings. The van der Waals surface area contributed by atoms with Crippen molar-refractivity contribution in [3.05, 3.63) is 0 Å². The lowest BCUT2D eigenvalue weighted by Crippen LogP contribution is -2.48. The molecule has 1 saturated carbocycles. The second kappa shape index (κ2) is 9.58. The molecule has 138 valence electrons. The Morgan fingerprint density at radius 1 is 0.913 bits per heavy atom. The van der Waals surface area contributed by atoms with Crippen LogP contribution >= 0.6 is 0 Å². The topological polar surface area (TPSA) is 12.5 Å². The summed E-state index contributed by atoms with van der Waals surface area (Å²) in [5, 5.41) is 0. The molecule has 0 aliphatic heterocycles. The zero-order valence-corrected chi connectivity index (χ0v) is 18.2. The maximum absolute atomic E-state index is 6.73. The van der Waals surface area contributed by atoms with Crippen molar-refractivity contribution in [2.75, 3.05) is 20.7 Å². The lowest BCUT2D eigenvalue weighted by Gasteiger charge is -2.42. The Morgan fingerprint density at radius 2 is 1.39 bits per heavy atom. The Kier molecular flexibility index (Phi) is 8.82. The van der Waals surface area contributed by atoms with Crippen LogP contribution < -0.4 is 0 Å². The second-order valence-corrected chi connectivity index (χ2v) is 14.3. The van der Waals surface area contributed by atoms with E-state index in [0.717, 1.165) is 18.6 Å². The fourth-order valence-electron chi connectivity index (χ4n) is 5.30. The molecule has 0 aromatic rings. The van der Waals surface area contributed by atoms with Gasteiger partial charge in [-0.3, -0.25) is 0 Å².